The van der Waals surface area contributed by atoms with E-state index in [-0.39, 0.29) is 30.6 Å². The van der Waals surface area contributed by atoms with Gasteiger partial charge in [0, 0.05) is 41.6 Å². The van der Waals surface area contributed by atoms with Gasteiger partial charge in [0.1, 0.15) is 17.5 Å². The highest BCUT2D eigenvalue weighted by atomic mass is 35.5. The lowest BCUT2D eigenvalue weighted by molar-refractivity contribution is -0.145. The van der Waals surface area contributed by atoms with Gasteiger partial charge in [-0.15, -0.1) is 0 Å². The van der Waals surface area contributed by atoms with Crippen LogP contribution in [0.15, 0.2) is 79.0 Å². The molecule has 0 saturated carbocycles. The van der Waals surface area contributed by atoms with E-state index in [9.17, 15) is 14.7 Å². The number of anilines is 1. The molecule has 40 heavy (non-hydrogen) atoms. The molecule has 202 valence electrons. The first kappa shape index (κ1) is 27.0. The molecule has 2 heterocycles. The van der Waals surface area contributed by atoms with Gasteiger partial charge in [-0.2, -0.15) is 5.10 Å². The maximum atomic E-state index is 13.1. The van der Waals surface area contributed by atoms with Crippen molar-refractivity contribution in [3.8, 4) is 28.8 Å². The number of aromatic nitrogens is 2. The second kappa shape index (κ2) is 12.1. The fourth-order valence-corrected chi connectivity index (χ4v) is 4.64. The van der Waals surface area contributed by atoms with Crippen molar-refractivity contribution in [2.75, 3.05) is 25.1 Å². The van der Waals surface area contributed by atoms with Crippen molar-refractivity contribution in [1.82, 2.24) is 14.7 Å². The number of rotatable bonds is 5. The second-order valence-electron chi connectivity index (χ2n) is 9.38. The van der Waals surface area contributed by atoms with Crippen molar-refractivity contribution in [3.63, 3.8) is 0 Å². The number of phenolic OH excluding ortho intramolecular Hbond substituents is 1. The summed E-state index contributed by atoms with van der Waals surface area (Å²) in [6, 6.07) is 20.7. The normalized spacial score (nSPS) is 14.8. The number of carbonyl (C=O) groups is 2. The SMILES string of the molecule is Cn1cc(C#Cc2ccc(NC(=O)[C@@H]3COCCN3C(=O)Cc3ccccc3)cc2)c(-c2cc(Cl)ccc2O)n1. The lowest BCUT2D eigenvalue weighted by atomic mass is 10.1. The average molecular weight is 555 g/mol. The molecule has 2 amide bonds. The molecule has 0 aliphatic carbocycles. The first-order chi connectivity index (χ1) is 19.4. The number of hydrogen-bond donors (Lipinski definition) is 2. The van der Waals surface area contributed by atoms with Gasteiger partial charge in [-0.3, -0.25) is 14.3 Å². The van der Waals surface area contributed by atoms with Gasteiger partial charge < -0.3 is 20.1 Å². The van der Waals surface area contributed by atoms with Gasteiger partial charge in [-0.25, -0.2) is 0 Å². The third-order valence-electron chi connectivity index (χ3n) is 6.49. The molecule has 1 aromatic heterocycles. The minimum atomic E-state index is -0.712. The summed E-state index contributed by atoms with van der Waals surface area (Å²) >= 11 is 6.12. The van der Waals surface area contributed by atoms with E-state index in [0.29, 0.717) is 40.7 Å². The highest BCUT2D eigenvalue weighted by Gasteiger charge is 2.32. The zero-order chi connectivity index (χ0) is 28.1. The van der Waals surface area contributed by atoms with Crippen LogP contribution in [0.2, 0.25) is 5.02 Å². The largest absolute Gasteiger partial charge is 0.507 e. The van der Waals surface area contributed by atoms with E-state index in [2.05, 4.69) is 22.3 Å². The molecule has 8 nitrogen and oxygen atoms in total. The quantitative estimate of drug-likeness (QED) is 0.359. The number of benzene rings is 3. The summed E-state index contributed by atoms with van der Waals surface area (Å²) in [6.45, 7) is 0.903. The fourth-order valence-electron chi connectivity index (χ4n) is 4.47. The van der Waals surface area contributed by atoms with Crippen molar-refractivity contribution in [1.29, 1.82) is 0 Å². The standard InChI is InChI=1S/C31H27ClN4O4/c1-35-19-23(30(34-35)26-18-24(32)11-14-28(26)37)10-7-21-8-12-25(13-9-21)33-31(39)27-20-40-16-15-36(27)29(38)17-22-5-3-2-4-6-22/h2-6,8-9,11-14,18-19,27,37H,15-17,20H2,1H3,(H,33,39)/t27-/m0/s1. The molecular weight excluding hydrogens is 528 g/mol. The third-order valence-corrected chi connectivity index (χ3v) is 6.72. The molecule has 1 saturated heterocycles. The van der Waals surface area contributed by atoms with Crippen LogP contribution in [0, 0.1) is 11.8 Å². The molecule has 2 N–H and O–H groups in total. The van der Waals surface area contributed by atoms with Crippen molar-refractivity contribution < 1.29 is 19.4 Å². The number of nitrogens with one attached hydrogen (secondary N) is 1. The van der Waals surface area contributed by atoms with E-state index in [4.69, 9.17) is 16.3 Å². The molecule has 0 bridgehead atoms. The van der Waals surface area contributed by atoms with E-state index >= 15 is 0 Å². The number of hydrogen-bond acceptors (Lipinski definition) is 5. The van der Waals surface area contributed by atoms with E-state index < -0.39 is 6.04 Å². The van der Waals surface area contributed by atoms with Gasteiger partial charge in [0.15, 0.2) is 0 Å². The van der Waals surface area contributed by atoms with Crippen molar-refractivity contribution >= 4 is 29.1 Å². The Balaban J connectivity index is 1.27. The molecule has 1 aliphatic rings. The van der Waals surface area contributed by atoms with E-state index in [0.717, 1.165) is 11.1 Å². The first-order valence-electron chi connectivity index (χ1n) is 12.7. The summed E-state index contributed by atoms with van der Waals surface area (Å²) in [6.07, 6.45) is 2.00. The Hall–Kier alpha value is -4.58. The second-order valence-corrected chi connectivity index (χ2v) is 9.82. The predicted molar refractivity (Wildman–Crippen MR) is 153 cm³/mol. The Labute approximate surface area is 237 Å². The van der Waals surface area contributed by atoms with Crippen molar-refractivity contribution in [2.24, 2.45) is 7.05 Å². The third kappa shape index (κ3) is 6.34. The highest BCUT2D eigenvalue weighted by molar-refractivity contribution is 6.31. The summed E-state index contributed by atoms with van der Waals surface area (Å²) in [4.78, 5) is 27.7. The highest BCUT2D eigenvalue weighted by Crippen LogP contribution is 2.32. The molecule has 4 aromatic rings. The Morgan fingerprint density at radius 1 is 1.10 bits per heavy atom. The Bertz CT molecular complexity index is 1590. The minimum Gasteiger partial charge on any atom is -0.507 e. The van der Waals surface area contributed by atoms with Crippen LogP contribution in [0.5, 0.6) is 5.75 Å². The number of halogens is 1. The number of nitrogens with zero attached hydrogens (tertiary/aromatic N) is 3. The summed E-state index contributed by atoms with van der Waals surface area (Å²) in [5.74, 6) is 5.86. The number of aromatic hydroxyl groups is 1. The topological polar surface area (TPSA) is 96.7 Å². The molecule has 3 aromatic carbocycles. The number of morpholine rings is 1. The molecular formula is C31H27ClN4O4. The Kier molecular flexibility index (Phi) is 8.15. The minimum absolute atomic E-state index is 0.0648. The summed E-state index contributed by atoms with van der Waals surface area (Å²) in [7, 11) is 1.78. The number of amides is 2. The van der Waals surface area contributed by atoms with Crippen LogP contribution in [-0.4, -0.2) is 57.4 Å². The maximum Gasteiger partial charge on any atom is 0.249 e. The molecule has 1 fully saturated rings. The molecule has 1 aliphatic heterocycles. The number of phenols is 1. The van der Waals surface area contributed by atoms with Gasteiger partial charge in [0.25, 0.3) is 0 Å². The number of aryl methyl sites for hydroxylation is 1. The zero-order valence-electron chi connectivity index (χ0n) is 21.8. The monoisotopic (exact) mass is 554 g/mol. The lowest BCUT2D eigenvalue weighted by Gasteiger charge is -2.34. The summed E-state index contributed by atoms with van der Waals surface area (Å²) in [5, 5.41) is 18.1. The van der Waals surface area contributed by atoms with Gasteiger partial charge >= 0.3 is 0 Å². The van der Waals surface area contributed by atoms with Crippen LogP contribution >= 0.6 is 11.6 Å². The Morgan fingerprint density at radius 2 is 1.88 bits per heavy atom. The van der Waals surface area contributed by atoms with E-state index in [1.54, 1.807) is 59.2 Å². The van der Waals surface area contributed by atoms with Crippen molar-refractivity contribution in [3.05, 3.63) is 101 Å². The van der Waals surface area contributed by atoms with E-state index in [1.807, 2.05) is 30.3 Å². The molecule has 5 rings (SSSR count). The molecule has 0 spiro atoms. The predicted octanol–water partition coefficient (Wildman–Crippen LogP) is 4.25. The average Bonchev–Trinajstić information content (AvgIpc) is 3.34. The van der Waals surface area contributed by atoms with Crippen LogP contribution in [0.3, 0.4) is 0 Å². The first-order valence-corrected chi connectivity index (χ1v) is 13.1. The van der Waals surface area contributed by atoms with Gasteiger partial charge in [0.2, 0.25) is 11.8 Å². The number of ether oxygens (including phenoxy) is 1. The van der Waals surface area contributed by atoms with Crippen LogP contribution in [0.4, 0.5) is 5.69 Å². The van der Waals surface area contributed by atoms with Gasteiger partial charge in [0.05, 0.1) is 25.2 Å². The van der Waals surface area contributed by atoms with E-state index in [1.165, 1.54) is 6.07 Å². The van der Waals surface area contributed by atoms with Crippen LogP contribution in [0.1, 0.15) is 16.7 Å². The lowest BCUT2D eigenvalue weighted by Crippen LogP contribution is -2.54. The smallest absolute Gasteiger partial charge is 0.249 e. The Morgan fingerprint density at radius 3 is 2.65 bits per heavy atom. The van der Waals surface area contributed by atoms with Crippen LogP contribution in [0.25, 0.3) is 11.3 Å². The van der Waals surface area contributed by atoms with Gasteiger partial charge in [-0.05, 0) is 48.0 Å². The summed E-state index contributed by atoms with van der Waals surface area (Å²) in [5.41, 5.74) is 3.87. The molecule has 0 unspecified atom stereocenters. The maximum absolute atomic E-state index is 13.1. The van der Waals surface area contributed by atoms with Crippen LogP contribution < -0.4 is 5.32 Å². The number of carbonyl (C=O) groups excluding carboxylic acids is 2. The fraction of sp³-hybridized carbons (Fsp3) is 0.194. The van der Waals surface area contributed by atoms with Gasteiger partial charge in [-0.1, -0.05) is 53.8 Å². The zero-order valence-corrected chi connectivity index (χ0v) is 22.6. The van der Waals surface area contributed by atoms with Crippen LogP contribution in [-0.2, 0) is 27.8 Å². The molecule has 9 heteroatoms. The molecule has 0 radical (unpaired) electrons. The summed E-state index contributed by atoms with van der Waals surface area (Å²) < 4.78 is 7.15. The molecule has 1 atom stereocenters. The van der Waals surface area contributed by atoms with Crippen molar-refractivity contribution in [2.45, 2.75) is 12.5 Å².